The number of anilines is 1. The number of hydrogen-bond donors (Lipinski definition) is 1. The summed E-state index contributed by atoms with van der Waals surface area (Å²) in [4.78, 5) is 41.3. The van der Waals surface area contributed by atoms with Crippen LogP contribution in [0.3, 0.4) is 0 Å². The van der Waals surface area contributed by atoms with Crippen LogP contribution in [0.15, 0.2) is 48.5 Å². The van der Waals surface area contributed by atoms with Gasteiger partial charge < -0.3 is 15.0 Å². The molecule has 0 radical (unpaired) electrons. The molecule has 150 valence electrons. The van der Waals surface area contributed by atoms with Gasteiger partial charge in [0.2, 0.25) is 5.91 Å². The number of urea groups is 1. The topological polar surface area (TPSA) is 79.0 Å². The van der Waals surface area contributed by atoms with Crippen molar-refractivity contribution in [2.75, 3.05) is 25.1 Å². The van der Waals surface area contributed by atoms with Crippen molar-refractivity contribution < 1.29 is 19.1 Å². The lowest BCUT2D eigenvalue weighted by atomic mass is 9.92. The van der Waals surface area contributed by atoms with Crippen molar-refractivity contribution in [1.82, 2.24) is 10.2 Å². The Morgan fingerprint density at radius 1 is 1.14 bits per heavy atom. The number of methoxy groups -OCH3 is 1. The lowest BCUT2D eigenvalue weighted by Gasteiger charge is -2.30. The molecule has 4 amide bonds. The van der Waals surface area contributed by atoms with Crippen LogP contribution < -0.4 is 15.0 Å². The lowest BCUT2D eigenvalue weighted by molar-refractivity contribution is -0.134. The van der Waals surface area contributed by atoms with E-state index in [1.54, 1.807) is 43.2 Å². The summed E-state index contributed by atoms with van der Waals surface area (Å²) in [6.45, 7) is 1.94. The highest BCUT2D eigenvalue weighted by atomic mass is 16.5. The number of fused-ring (bicyclic) bond motifs is 1. The van der Waals surface area contributed by atoms with Crippen molar-refractivity contribution in [1.29, 1.82) is 0 Å². The van der Waals surface area contributed by atoms with Gasteiger partial charge in [-0.25, -0.2) is 4.79 Å². The number of para-hydroxylation sites is 1. The average Bonchev–Trinajstić information content (AvgIpc) is 2.97. The van der Waals surface area contributed by atoms with Crippen LogP contribution in [-0.4, -0.2) is 42.9 Å². The van der Waals surface area contributed by atoms with Gasteiger partial charge in [0.15, 0.2) is 0 Å². The number of rotatable bonds is 4. The van der Waals surface area contributed by atoms with Crippen LogP contribution in [-0.2, 0) is 21.5 Å². The van der Waals surface area contributed by atoms with Crippen LogP contribution >= 0.6 is 0 Å². The molecule has 4 rings (SSSR count). The van der Waals surface area contributed by atoms with Gasteiger partial charge >= 0.3 is 6.03 Å². The Kier molecular flexibility index (Phi) is 4.74. The van der Waals surface area contributed by atoms with Crippen LogP contribution in [0.25, 0.3) is 0 Å². The summed E-state index contributed by atoms with van der Waals surface area (Å²) in [5.74, 6) is -0.0455. The number of aryl methyl sites for hydroxylation is 1. The number of ether oxygens (including phenoxy) is 1. The number of carbonyl (C=O) groups is 3. The van der Waals surface area contributed by atoms with E-state index in [0.717, 1.165) is 29.0 Å². The molecule has 2 aliphatic rings. The molecule has 2 aromatic carbocycles. The molecule has 0 bridgehead atoms. The van der Waals surface area contributed by atoms with E-state index >= 15 is 0 Å². The Morgan fingerprint density at radius 2 is 1.86 bits per heavy atom. The van der Waals surface area contributed by atoms with E-state index in [1.807, 2.05) is 24.3 Å². The van der Waals surface area contributed by atoms with E-state index in [2.05, 4.69) is 5.32 Å². The highest BCUT2D eigenvalue weighted by Gasteiger charge is 2.49. The van der Waals surface area contributed by atoms with E-state index in [4.69, 9.17) is 4.74 Å². The molecule has 1 N–H and O–H groups in total. The summed E-state index contributed by atoms with van der Waals surface area (Å²) in [6, 6.07) is 14.1. The smallest absolute Gasteiger partial charge is 0.325 e. The zero-order chi connectivity index (χ0) is 20.6. The van der Waals surface area contributed by atoms with Gasteiger partial charge in [-0.3, -0.25) is 14.5 Å². The number of hydrogen-bond acceptors (Lipinski definition) is 4. The predicted octanol–water partition coefficient (Wildman–Crippen LogP) is 2.44. The molecule has 0 spiro atoms. The van der Waals surface area contributed by atoms with Crippen molar-refractivity contribution in [3.8, 4) is 5.75 Å². The molecule has 7 heteroatoms. The molecule has 0 aliphatic carbocycles. The predicted molar refractivity (Wildman–Crippen MR) is 108 cm³/mol. The fourth-order valence-electron chi connectivity index (χ4n) is 3.97. The Balaban J connectivity index is 1.55. The monoisotopic (exact) mass is 393 g/mol. The second-order valence-electron chi connectivity index (χ2n) is 7.45. The second-order valence-corrected chi connectivity index (χ2v) is 7.45. The number of imide groups is 1. The minimum absolute atomic E-state index is 0.264. The third kappa shape index (κ3) is 3.22. The van der Waals surface area contributed by atoms with Crippen molar-refractivity contribution >= 4 is 23.5 Å². The SMILES string of the molecule is COc1ccc(C2(C)NC(=O)N(CC(=O)N3CCCc4ccccc43)C2=O)cc1. The summed E-state index contributed by atoms with van der Waals surface area (Å²) in [5, 5.41) is 2.74. The summed E-state index contributed by atoms with van der Waals surface area (Å²) in [7, 11) is 1.56. The van der Waals surface area contributed by atoms with Crippen molar-refractivity contribution in [3.63, 3.8) is 0 Å². The standard InChI is InChI=1S/C22H23N3O4/c1-22(16-9-11-17(29-2)12-10-16)20(27)25(21(28)23-22)14-19(26)24-13-5-7-15-6-3-4-8-18(15)24/h3-4,6,8-12H,5,7,13-14H2,1-2H3,(H,23,28). The fraction of sp³-hybridized carbons (Fsp3) is 0.318. The van der Waals surface area contributed by atoms with Gasteiger partial charge in [-0.1, -0.05) is 30.3 Å². The van der Waals surface area contributed by atoms with Gasteiger partial charge in [0.05, 0.1) is 7.11 Å². The zero-order valence-corrected chi connectivity index (χ0v) is 16.5. The number of amides is 4. The Bertz CT molecular complexity index is 972. The number of nitrogens with one attached hydrogen (secondary N) is 1. The van der Waals surface area contributed by atoms with Crippen LogP contribution in [0, 0.1) is 0 Å². The molecule has 2 aromatic rings. The maximum atomic E-state index is 13.1. The molecule has 1 unspecified atom stereocenters. The van der Waals surface area contributed by atoms with Crippen molar-refractivity contribution in [3.05, 3.63) is 59.7 Å². The third-order valence-electron chi connectivity index (χ3n) is 5.65. The van der Waals surface area contributed by atoms with Crippen LogP contribution in [0.1, 0.15) is 24.5 Å². The van der Waals surface area contributed by atoms with Gasteiger partial charge in [-0.05, 0) is 49.1 Å². The minimum atomic E-state index is -1.22. The van der Waals surface area contributed by atoms with E-state index in [1.165, 1.54) is 0 Å². The summed E-state index contributed by atoms with van der Waals surface area (Å²) in [6.07, 6.45) is 1.77. The van der Waals surface area contributed by atoms with Crippen LogP contribution in [0.2, 0.25) is 0 Å². The maximum Gasteiger partial charge on any atom is 0.325 e. The Morgan fingerprint density at radius 3 is 2.59 bits per heavy atom. The normalized spacial score (nSPS) is 21.0. The molecular weight excluding hydrogens is 370 g/mol. The van der Waals surface area contributed by atoms with Gasteiger partial charge in [-0.2, -0.15) is 0 Å². The first-order chi connectivity index (χ1) is 13.9. The van der Waals surface area contributed by atoms with Gasteiger partial charge in [0, 0.05) is 12.2 Å². The zero-order valence-electron chi connectivity index (χ0n) is 16.5. The maximum absolute atomic E-state index is 13.1. The molecule has 1 saturated heterocycles. The molecule has 0 saturated carbocycles. The molecule has 1 fully saturated rings. The van der Waals surface area contributed by atoms with Crippen molar-refractivity contribution in [2.24, 2.45) is 0 Å². The minimum Gasteiger partial charge on any atom is -0.497 e. The molecule has 1 atom stereocenters. The van der Waals surface area contributed by atoms with Crippen molar-refractivity contribution in [2.45, 2.75) is 25.3 Å². The summed E-state index contributed by atoms with van der Waals surface area (Å²) < 4.78 is 5.15. The lowest BCUT2D eigenvalue weighted by Crippen LogP contribution is -2.46. The molecular formula is C22H23N3O4. The van der Waals surface area contributed by atoms with Gasteiger partial charge in [0.1, 0.15) is 17.8 Å². The molecule has 7 nitrogen and oxygen atoms in total. The van der Waals surface area contributed by atoms with E-state index in [9.17, 15) is 14.4 Å². The van der Waals surface area contributed by atoms with E-state index < -0.39 is 17.5 Å². The van der Waals surface area contributed by atoms with Crippen LogP contribution in [0.4, 0.5) is 10.5 Å². The van der Waals surface area contributed by atoms with Gasteiger partial charge in [0.25, 0.3) is 5.91 Å². The summed E-state index contributed by atoms with van der Waals surface area (Å²) >= 11 is 0. The second kappa shape index (κ2) is 7.24. The molecule has 29 heavy (non-hydrogen) atoms. The number of benzene rings is 2. The third-order valence-corrected chi connectivity index (χ3v) is 5.65. The van der Waals surface area contributed by atoms with Gasteiger partial charge in [-0.15, -0.1) is 0 Å². The average molecular weight is 393 g/mol. The molecule has 2 heterocycles. The van der Waals surface area contributed by atoms with Crippen LogP contribution in [0.5, 0.6) is 5.75 Å². The quantitative estimate of drug-likeness (QED) is 0.810. The highest BCUT2D eigenvalue weighted by Crippen LogP contribution is 2.31. The fourth-order valence-corrected chi connectivity index (χ4v) is 3.97. The van der Waals surface area contributed by atoms with E-state index in [0.29, 0.717) is 17.9 Å². The van der Waals surface area contributed by atoms with E-state index in [-0.39, 0.29) is 12.5 Å². The Hall–Kier alpha value is -3.35. The number of carbonyl (C=O) groups excluding carboxylic acids is 3. The largest absolute Gasteiger partial charge is 0.497 e. The first-order valence-electron chi connectivity index (χ1n) is 9.61. The highest BCUT2D eigenvalue weighted by molar-refractivity contribution is 6.10. The molecule has 0 aromatic heterocycles. The first-order valence-corrected chi connectivity index (χ1v) is 9.61. The molecule has 2 aliphatic heterocycles. The Labute approximate surface area is 169 Å². The first kappa shape index (κ1) is 19.0. The summed E-state index contributed by atoms with van der Waals surface area (Å²) in [5.41, 5.74) is 1.37. The number of nitrogens with zero attached hydrogens (tertiary/aromatic N) is 2.